The van der Waals surface area contributed by atoms with Crippen LogP contribution in [0.3, 0.4) is 0 Å². The lowest BCUT2D eigenvalue weighted by Crippen LogP contribution is -2.28. The molecule has 4 N–H and O–H groups in total. The fourth-order valence-corrected chi connectivity index (χ4v) is 2.23. The second-order valence-electron chi connectivity index (χ2n) is 5.94. The number of carbonyl (C=O) groups excluding carboxylic acids is 2. The molecule has 31 heavy (non-hydrogen) atoms. The van der Waals surface area contributed by atoms with Crippen LogP contribution in [0.2, 0.25) is 0 Å². The quantitative estimate of drug-likeness (QED) is 0.320. The molecule has 0 unspecified atom stereocenters. The predicted molar refractivity (Wildman–Crippen MR) is 112 cm³/mol. The topological polar surface area (TPSA) is 151 Å². The Morgan fingerprint density at radius 2 is 1.55 bits per heavy atom. The number of phenols is 2. The monoisotopic (exact) mass is 430 g/mol. The summed E-state index contributed by atoms with van der Waals surface area (Å²) >= 11 is 0. The first-order valence-corrected chi connectivity index (χ1v) is 8.88. The van der Waals surface area contributed by atoms with Gasteiger partial charge in [0.1, 0.15) is 24.7 Å². The van der Waals surface area contributed by atoms with Crippen molar-refractivity contribution in [2.45, 2.75) is 0 Å². The van der Waals surface area contributed by atoms with E-state index >= 15 is 0 Å². The van der Waals surface area contributed by atoms with Crippen LogP contribution in [0.1, 0.15) is 11.1 Å². The number of aromatic hydroxyl groups is 2. The highest BCUT2D eigenvalue weighted by atomic mass is 16.5. The van der Waals surface area contributed by atoms with E-state index < -0.39 is 18.4 Å². The third-order valence-electron chi connectivity index (χ3n) is 3.68. The number of nitrogens with one attached hydrogen (secondary N) is 2. The van der Waals surface area contributed by atoms with E-state index in [2.05, 4.69) is 21.1 Å². The Kier molecular flexibility index (Phi) is 8.80. The lowest BCUT2D eigenvalue weighted by molar-refractivity contribution is -0.130. The molecule has 11 nitrogen and oxygen atoms in total. The summed E-state index contributed by atoms with van der Waals surface area (Å²) in [6.45, 7) is -0.782. The summed E-state index contributed by atoms with van der Waals surface area (Å²) in [5.41, 5.74) is 5.63. The number of rotatable bonds is 10. The molecule has 164 valence electrons. The maximum atomic E-state index is 11.7. The Hall–Kier alpha value is -4.12. The van der Waals surface area contributed by atoms with Crippen molar-refractivity contribution in [3.05, 3.63) is 47.5 Å². The summed E-state index contributed by atoms with van der Waals surface area (Å²) in [5.74, 6) is -0.444. The van der Waals surface area contributed by atoms with Gasteiger partial charge >= 0.3 is 0 Å². The molecule has 2 aromatic carbocycles. The molecular weight excluding hydrogens is 408 g/mol. The average molecular weight is 430 g/mol. The smallest absolute Gasteiger partial charge is 0.266 e. The first-order valence-electron chi connectivity index (χ1n) is 8.88. The molecule has 0 bridgehead atoms. The third kappa shape index (κ3) is 7.66. The lowest BCUT2D eigenvalue weighted by Gasteiger charge is -2.05. The van der Waals surface area contributed by atoms with E-state index in [0.29, 0.717) is 16.9 Å². The zero-order valence-corrected chi connectivity index (χ0v) is 16.9. The highest BCUT2D eigenvalue weighted by molar-refractivity contribution is 5.86. The van der Waals surface area contributed by atoms with Gasteiger partial charge in [-0.2, -0.15) is 10.2 Å². The SMILES string of the molecule is COc1cc(/C=N/NC(=O)COCC(=O)N/N=C/c2ccc(O)cc2OC)ccc1O. The molecular formula is C20H22N4O7. The highest BCUT2D eigenvalue weighted by Gasteiger charge is 2.05. The molecule has 2 rings (SSSR count). The molecule has 0 aliphatic rings. The molecule has 11 heteroatoms. The Labute approximate surface area is 177 Å². The molecule has 0 saturated heterocycles. The number of ether oxygens (including phenoxy) is 3. The third-order valence-corrected chi connectivity index (χ3v) is 3.68. The maximum Gasteiger partial charge on any atom is 0.266 e. The van der Waals surface area contributed by atoms with Gasteiger partial charge in [0.2, 0.25) is 0 Å². The van der Waals surface area contributed by atoms with Crippen molar-refractivity contribution in [3.63, 3.8) is 0 Å². The van der Waals surface area contributed by atoms with Crippen LogP contribution in [0.25, 0.3) is 0 Å². The number of nitrogens with zero attached hydrogens (tertiary/aromatic N) is 2. The van der Waals surface area contributed by atoms with Gasteiger partial charge in [-0.15, -0.1) is 0 Å². The number of methoxy groups -OCH3 is 2. The summed E-state index contributed by atoms with van der Waals surface area (Å²) in [7, 11) is 2.86. The summed E-state index contributed by atoms with van der Waals surface area (Å²) < 4.78 is 15.1. The van der Waals surface area contributed by atoms with Gasteiger partial charge in [-0.05, 0) is 35.9 Å². The number of hydrazone groups is 2. The predicted octanol–water partition coefficient (Wildman–Crippen LogP) is 0.732. The number of carbonyl (C=O) groups is 2. The Morgan fingerprint density at radius 3 is 2.19 bits per heavy atom. The highest BCUT2D eigenvalue weighted by Crippen LogP contribution is 2.25. The number of phenolic OH excluding ortho intramolecular Hbond substituents is 2. The average Bonchev–Trinajstić information content (AvgIpc) is 2.75. The van der Waals surface area contributed by atoms with Crippen molar-refractivity contribution < 1.29 is 34.0 Å². The number of benzene rings is 2. The summed E-state index contributed by atoms with van der Waals surface area (Å²) in [6.07, 6.45) is 2.70. The minimum atomic E-state index is -0.568. The lowest BCUT2D eigenvalue weighted by atomic mass is 10.2. The number of hydrogen-bond donors (Lipinski definition) is 4. The van der Waals surface area contributed by atoms with Gasteiger partial charge in [-0.3, -0.25) is 9.59 Å². The molecule has 2 amide bonds. The number of amides is 2. The molecule has 2 aromatic rings. The fraction of sp³-hybridized carbons (Fsp3) is 0.200. The molecule has 0 spiro atoms. The zero-order valence-electron chi connectivity index (χ0n) is 16.9. The van der Waals surface area contributed by atoms with Crippen molar-refractivity contribution in [2.75, 3.05) is 27.4 Å². The van der Waals surface area contributed by atoms with Crippen LogP contribution in [0, 0.1) is 0 Å². The molecule has 0 saturated carbocycles. The van der Waals surface area contributed by atoms with Crippen molar-refractivity contribution in [3.8, 4) is 23.0 Å². The van der Waals surface area contributed by atoms with E-state index in [1.807, 2.05) is 0 Å². The van der Waals surface area contributed by atoms with E-state index in [0.717, 1.165) is 0 Å². The van der Waals surface area contributed by atoms with Crippen LogP contribution in [-0.4, -0.2) is 61.9 Å². The summed E-state index contributed by atoms with van der Waals surface area (Å²) in [5, 5.41) is 26.4. The second kappa shape index (κ2) is 11.8. The van der Waals surface area contributed by atoms with E-state index in [4.69, 9.17) is 14.2 Å². The van der Waals surface area contributed by atoms with Gasteiger partial charge in [0.15, 0.2) is 11.5 Å². The van der Waals surface area contributed by atoms with E-state index in [1.54, 1.807) is 18.2 Å². The minimum Gasteiger partial charge on any atom is -0.508 e. The molecule has 0 atom stereocenters. The number of hydrogen-bond acceptors (Lipinski definition) is 9. The van der Waals surface area contributed by atoms with Crippen LogP contribution in [-0.2, 0) is 14.3 Å². The van der Waals surface area contributed by atoms with Crippen LogP contribution < -0.4 is 20.3 Å². The maximum absolute atomic E-state index is 11.7. The first-order chi connectivity index (χ1) is 14.9. The first kappa shape index (κ1) is 23.2. The van der Waals surface area contributed by atoms with Gasteiger partial charge in [-0.1, -0.05) is 0 Å². The van der Waals surface area contributed by atoms with Crippen LogP contribution in [0.15, 0.2) is 46.6 Å². The Balaban J connectivity index is 1.70. The van der Waals surface area contributed by atoms with Gasteiger partial charge in [0, 0.05) is 11.6 Å². The van der Waals surface area contributed by atoms with E-state index in [1.165, 1.54) is 44.8 Å². The zero-order chi connectivity index (χ0) is 22.6. The van der Waals surface area contributed by atoms with Gasteiger partial charge in [0.05, 0.1) is 26.6 Å². The fourth-order valence-electron chi connectivity index (χ4n) is 2.23. The normalized spacial score (nSPS) is 10.9. The van der Waals surface area contributed by atoms with Crippen molar-refractivity contribution in [1.82, 2.24) is 10.9 Å². The largest absolute Gasteiger partial charge is 0.508 e. The molecule has 0 radical (unpaired) electrons. The molecule has 0 fully saturated rings. The van der Waals surface area contributed by atoms with Crippen molar-refractivity contribution in [2.24, 2.45) is 10.2 Å². The van der Waals surface area contributed by atoms with E-state index in [-0.39, 0.29) is 23.9 Å². The summed E-state index contributed by atoms with van der Waals surface area (Å²) in [6, 6.07) is 8.99. The molecule has 0 heterocycles. The molecule has 0 aromatic heterocycles. The molecule has 0 aliphatic carbocycles. The van der Waals surface area contributed by atoms with Gasteiger partial charge < -0.3 is 24.4 Å². The van der Waals surface area contributed by atoms with Crippen molar-refractivity contribution >= 4 is 24.2 Å². The Morgan fingerprint density at radius 1 is 0.903 bits per heavy atom. The standard InChI is InChI=1S/C20H22N4O7/c1-29-17-8-15(25)5-4-14(17)10-22-24-20(28)12-31-11-19(27)23-21-9-13-3-6-16(26)18(7-13)30-2/h3-10,25-26H,11-12H2,1-2H3,(H,23,27)(H,24,28)/b21-9+,22-10+. The van der Waals surface area contributed by atoms with Crippen LogP contribution >= 0.6 is 0 Å². The summed E-state index contributed by atoms with van der Waals surface area (Å²) in [4.78, 5) is 23.4. The van der Waals surface area contributed by atoms with Gasteiger partial charge in [-0.25, -0.2) is 10.9 Å². The van der Waals surface area contributed by atoms with Crippen molar-refractivity contribution in [1.29, 1.82) is 0 Å². The second-order valence-corrected chi connectivity index (χ2v) is 5.94. The van der Waals surface area contributed by atoms with Crippen LogP contribution in [0.4, 0.5) is 0 Å². The molecule has 0 aliphatic heterocycles. The minimum absolute atomic E-state index is 0.0121. The van der Waals surface area contributed by atoms with Crippen LogP contribution in [0.5, 0.6) is 23.0 Å². The van der Waals surface area contributed by atoms with Gasteiger partial charge in [0.25, 0.3) is 11.8 Å². The Bertz CT molecular complexity index is 976. The van der Waals surface area contributed by atoms with E-state index in [9.17, 15) is 19.8 Å².